The standard InChI is InChI=1S/C15H28N2S/c1-14(16-10-3-11-16)4-6-15(7-5-14)8-12-17(18-2)13-9-15/h3-13H2,1-2H3. The minimum atomic E-state index is 0.556. The minimum Gasteiger partial charge on any atom is -0.298 e. The zero-order chi connectivity index (χ0) is 12.6. The van der Waals surface area contributed by atoms with Gasteiger partial charge in [-0.05, 0) is 76.6 Å². The lowest BCUT2D eigenvalue weighted by atomic mass is 9.63. The van der Waals surface area contributed by atoms with Gasteiger partial charge in [-0.15, -0.1) is 0 Å². The number of piperidine rings is 1. The molecule has 0 aromatic rings. The van der Waals surface area contributed by atoms with Crippen molar-refractivity contribution in [1.82, 2.24) is 9.21 Å². The highest BCUT2D eigenvalue weighted by molar-refractivity contribution is 7.96. The van der Waals surface area contributed by atoms with Crippen molar-refractivity contribution < 1.29 is 0 Å². The number of nitrogens with zero attached hydrogens (tertiary/aromatic N) is 2. The summed E-state index contributed by atoms with van der Waals surface area (Å²) in [6, 6.07) is 0. The zero-order valence-corrected chi connectivity index (χ0v) is 12.9. The van der Waals surface area contributed by atoms with E-state index in [1.165, 1.54) is 71.1 Å². The Balaban J connectivity index is 1.56. The Morgan fingerprint density at radius 1 is 0.833 bits per heavy atom. The van der Waals surface area contributed by atoms with Crippen molar-refractivity contribution in [2.24, 2.45) is 5.41 Å². The topological polar surface area (TPSA) is 6.48 Å². The fourth-order valence-electron chi connectivity index (χ4n) is 4.13. The summed E-state index contributed by atoms with van der Waals surface area (Å²) in [7, 11) is 0. The third-order valence-electron chi connectivity index (χ3n) is 6.05. The van der Waals surface area contributed by atoms with Crippen LogP contribution in [0.2, 0.25) is 0 Å². The lowest BCUT2D eigenvalue weighted by molar-refractivity contribution is -0.0295. The highest BCUT2D eigenvalue weighted by Gasteiger charge is 2.45. The molecule has 1 spiro atoms. The molecule has 3 fully saturated rings. The molecule has 1 saturated carbocycles. The van der Waals surface area contributed by atoms with Crippen molar-refractivity contribution in [1.29, 1.82) is 0 Å². The van der Waals surface area contributed by atoms with Gasteiger partial charge in [0, 0.05) is 18.6 Å². The van der Waals surface area contributed by atoms with Gasteiger partial charge in [-0.25, -0.2) is 0 Å². The largest absolute Gasteiger partial charge is 0.298 e. The molecule has 0 bridgehead atoms. The molecule has 2 saturated heterocycles. The summed E-state index contributed by atoms with van der Waals surface area (Å²) in [5.41, 5.74) is 1.27. The van der Waals surface area contributed by atoms with Crippen molar-refractivity contribution >= 4 is 11.9 Å². The van der Waals surface area contributed by atoms with Gasteiger partial charge < -0.3 is 0 Å². The van der Waals surface area contributed by atoms with Gasteiger partial charge in [0.1, 0.15) is 0 Å². The van der Waals surface area contributed by atoms with E-state index in [1.54, 1.807) is 0 Å². The molecule has 18 heavy (non-hydrogen) atoms. The fourth-order valence-corrected chi connectivity index (χ4v) is 4.68. The minimum absolute atomic E-state index is 0.556. The summed E-state index contributed by atoms with van der Waals surface area (Å²) in [5.74, 6) is 0. The van der Waals surface area contributed by atoms with E-state index in [0.717, 1.165) is 5.41 Å². The first-order valence-corrected chi connectivity index (χ1v) is 8.88. The van der Waals surface area contributed by atoms with Crippen LogP contribution < -0.4 is 0 Å². The van der Waals surface area contributed by atoms with E-state index in [4.69, 9.17) is 0 Å². The summed E-state index contributed by atoms with van der Waals surface area (Å²) in [6.45, 7) is 7.90. The maximum absolute atomic E-state index is 2.75. The van der Waals surface area contributed by atoms with Gasteiger partial charge in [0.2, 0.25) is 0 Å². The van der Waals surface area contributed by atoms with Crippen LogP contribution >= 0.6 is 11.9 Å². The van der Waals surface area contributed by atoms with Gasteiger partial charge in [0.25, 0.3) is 0 Å². The molecule has 104 valence electrons. The molecular weight excluding hydrogens is 240 g/mol. The molecule has 0 radical (unpaired) electrons. The molecule has 2 aliphatic heterocycles. The number of rotatable bonds is 2. The fraction of sp³-hybridized carbons (Fsp3) is 1.00. The highest BCUT2D eigenvalue weighted by atomic mass is 32.2. The molecule has 3 aliphatic rings. The SMILES string of the molecule is CSN1CCC2(CC1)CCC(C)(N1CCC1)CC2. The average Bonchev–Trinajstić information content (AvgIpc) is 2.33. The second kappa shape index (κ2) is 4.99. The first-order chi connectivity index (χ1) is 8.66. The van der Waals surface area contributed by atoms with Gasteiger partial charge in [0.15, 0.2) is 0 Å². The number of hydrogen-bond donors (Lipinski definition) is 0. The van der Waals surface area contributed by atoms with Gasteiger partial charge in [-0.1, -0.05) is 11.9 Å². The monoisotopic (exact) mass is 268 g/mol. The summed E-state index contributed by atoms with van der Waals surface area (Å²) in [4.78, 5) is 2.75. The molecule has 1 aliphatic carbocycles. The van der Waals surface area contributed by atoms with Gasteiger partial charge in [-0.3, -0.25) is 9.21 Å². The Hall–Kier alpha value is 0.270. The Bertz CT molecular complexity index is 283. The Labute approximate surface area is 117 Å². The van der Waals surface area contributed by atoms with Crippen molar-refractivity contribution in [2.45, 2.75) is 57.4 Å². The van der Waals surface area contributed by atoms with Crippen LogP contribution in [0.1, 0.15) is 51.9 Å². The maximum atomic E-state index is 2.75. The van der Waals surface area contributed by atoms with Crippen LogP contribution in [0.5, 0.6) is 0 Å². The Kier molecular flexibility index (Phi) is 3.68. The van der Waals surface area contributed by atoms with E-state index < -0.39 is 0 Å². The van der Waals surface area contributed by atoms with E-state index in [0.29, 0.717) is 5.54 Å². The Morgan fingerprint density at radius 2 is 1.44 bits per heavy atom. The van der Waals surface area contributed by atoms with Crippen molar-refractivity contribution in [2.75, 3.05) is 32.4 Å². The summed E-state index contributed by atoms with van der Waals surface area (Å²) >= 11 is 1.94. The third kappa shape index (κ3) is 2.34. The predicted octanol–water partition coefficient (Wildman–Crippen LogP) is 3.39. The number of likely N-dealkylation sites (tertiary alicyclic amines) is 1. The summed E-state index contributed by atoms with van der Waals surface area (Å²) in [6.07, 6.45) is 12.4. The van der Waals surface area contributed by atoms with Crippen LogP contribution in [0, 0.1) is 5.41 Å². The second-order valence-electron chi connectivity index (χ2n) is 6.95. The maximum Gasteiger partial charge on any atom is 0.0181 e. The molecule has 2 heterocycles. The van der Waals surface area contributed by atoms with Crippen LogP contribution in [-0.2, 0) is 0 Å². The van der Waals surface area contributed by atoms with E-state index in [-0.39, 0.29) is 0 Å². The molecule has 3 rings (SSSR count). The van der Waals surface area contributed by atoms with Gasteiger partial charge in [0.05, 0.1) is 0 Å². The van der Waals surface area contributed by atoms with E-state index in [1.807, 2.05) is 11.9 Å². The van der Waals surface area contributed by atoms with Crippen LogP contribution in [-0.4, -0.2) is 47.2 Å². The summed E-state index contributed by atoms with van der Waals surface area (Å²) in [5, 5.41) is 0. The lowest BCUT2D eigenvalue weighted by Gasteiger charge is -2.54. The lowest BCUT2D eigenvalue weighted by Crippen LogP contribution is -2.56. The third-order valence-corrected chi connectivity index (χ3v) is 6.93. The molecule has 0 unspecified atom stereocenters. The molecule has 0 aromatic carbocycles. The quantitative estimate of drug-likeness (QED) is 0.709. The molecular formula is C15H28N2S. The second-order valence-corrected chi connectivity index (χ2v) is 7.83. The van der Waals surface area contributed by atoms with Gasteiger partial charge >= 0.3 is 0 Å². The van der Waals surface area contributed by atoms with Crippen molar-refractivity contribution in [3.63, 3.8) is 0 Å². The summed E-state index contributed by atoms with van der Waals surface area (Å²) < 4.78 is 2.55. The molecule has 0 N–H and O–H groups in total. The van der Waals surface area contributed by atoms with E-state index in [2.05, 4.69) is 22.4 Å². The van der Waals surface area contributed by atoms with Gasteiger partial charge in [-0.2, -0.15) is 0 Å². The van der Waals surface area contributed by atoms with E-state index >= 15 is 0 Å². The smallest absolute Gasteiger partial charge is 0.0181 e. The van der Waals surface area contributed by atoms with Crippen molar-refractivity contribution in [3.05, 3.63) is 0 Å². The molecule has 0 aromatic heterocycles. The normalized spacial score (nSPS) is 32.3. The molecule has 0 amide bonds. The van der Waals surface area contributed by atoms with Crippen LogP contribution in [0.25, 0.3) is 0 Å². The number of hydrogen-bond acceptors (Lipinski definition) is 3. The van der Waals surface area contributed by atoms with Crippen LogP contribution in [0.4, 0.5) is 0 Å². The first-order valence-electron chi connectivity index (χ1n) is 7.70. The van der Waals surface area contributed by atoms with Crippen molar-refractivity contribution in [3.8, 4) is 0 Å². The molecule has 2 nitrogen and oxygen atoms in total. The molecule has 3 heteroatoms. The first kappa shape index (κ1) is 13.3. The highest BCUT2D eigenvalue weighted by Crippen LogP contribution is 2.50. The predicted molar refractivity (Wildman–Crippen MR) is 79.8 cm³/mol. The zero-order valence-electron chi connectivity index (χ0n) is 12.1. The molecule has 0 atom stereocenters. The average molecular weight is 268 g/mol. The van der Waals surface area contributed by atoms with Crippen LogP contribution in [0.15, 0.2) is 0 Å². The Morgan fingerprint density at radius 3 is 1.89 bits per heavy atom. The van der Waals surface area contributed by atoms with Crippen LogP contribution in [0.3, 0.4) is 0 Å². The van der Waals surface area contributed by atoms with E-state index in [9.17, 15) is 0 Å².